The first-order valence-electron chi connectivity index (χ1n) is 6.72. The highest BCUT2D eigenvalue weighted by Crippen LogP contribution is 2.01. The fraction of sp³-hybridized carbons (Fsp3) is 0.267. The number of alkyl carbamates (subject to hydrolysis) is 1. The molecule has 1 aromatic heterocycles. The molecule has 110 valence electrons. The van der Waals surface area contributed by atoms with Gasteiger partial charge in [0.15, 0.2) is 0 Å². The molecule has 0 atom stereocenters. The number of carbonyl (C=O) groups excluding carboxylic acids is 1. The number of carbonyl (C=O) groups is 1. The molecule has 21 heavy (non-hydrogen) atoms. The molecule has 0 bridgehead atoms. The van der Waals surface area contributed by atoms with Crippen LogP contribution in [0, 0.1) is 0 Å². The molecular formula is C15H18N4O2. The number of benzene rings is 1. The largest absolute Gasteiger partial charge is 0.445 e. The summed E-state index contributed by atoms with van der Waals surface area (Å²) in [4.78, 5) is 11.6. The zero-order valence-electron chi connectivity index (χ0n) is 11.7. The number of nitrogens with one attached hydrogen (secondary N) is 1. The summed E-state index contributed by atoms with van der Waals surface area (Å²) in [5, 5.41) is 10.6. The summed E-state index contributed by atoms with van der Waals surface area (Å²) >= 11 is 0. The Bertz CT molecular complexity index is 580. The maximum Gasteiger partial charge on any atom is 0.407 e. The van der Waals surface area contributed by atoms with Crippen LogP contribution in [0.2, 0.25) is 0 Å². The van der Waals surface area contributed by atoms with Gasteiger partial charge >= 0.3 is 6.09 Å². The highest BCUT2D eigenvalue weighted by molar-refractivity contribution is 5.67. The highest BCUT2D eigenvalue weighted by atomic mass is 16.5. The lowest BCUT2D eigenvalue weighted by atomic mass is 10.2. The number of allylic oxidation sites excluding steroid dienone is 1. The lowest BCUT2D eigenvalue weighted by molar-refractivity contribution is 0.139. The molecule has 0 aliphatic heterocycles. The van der Waals surface area contributed by atoms with E-state index in [1.54, 1.807) is 10.9 Å². The second kappa shape index (κ2) is 7.84. The number of nitrogens with zero attached hydrogens (tertiary/aromatic N) is 3. The van der Waals surface area contributed by atoms with Gasteiger partial charge in [0, 0.05) is 6.54 Å². The van der Waals surface area contributed by atoms with E-state index in [0.717, 1.165) is 18.5 Å². The van der Waals surface area contributed by atoms with Gasteiger partial charge in [-0.3, -0.25) is 4.68 Å². The quantitative estimate of drug-likeness (QED) is 0.793. The van der Waals surface area contributed by atoms with Gasteiger partial charge in [0.1, 0.15) is 12.3 Å². The molecule has 1 heterocycles. The molecule has 1 aromatic carbocycles. The molecule has 2 aromatic rings. The molecule has 1 amide bonds. The van der Waals surface area contributed by atoms with Gasteiger partial charge in [-0.05, 0) is 12.0 Å². The third-order valence-corrected chi connectivity index (χ3v) is 2.78. The summed E-state index contributed by atoms with van der Waals surface area (Å²) in [6.07, 6.45) is 3.97. The van der Waals surface area contributed by atoms with Crippen LogP contribution in [0.25, 0.3) is 0 Å². The standard InChI is InChI=1S/C15H18N4O2/c1-2-3-9-19-11-14(17-18-19)10-16-15(20)21-12-13-7-5-4-6-8-13/h2,4-8,11H,1,3,9-10,12H2,(H,16,20). The Morgan fingerprint density at radius 1 is 1.38 bits per heavy atom. The summed E-state index contributed by atoms with van der Waals surface area (Å²) in [6, 6.07) is 9.52. The lowest BCUT2D eigenvalue weighted by Gasteiger charge is -2.05. The van der Waals surface area contributed by atoms with Crippen LogP contribution in [0.15, 0.2) is 49.2 Å². The van der Waals surface area contributed by atoms with Gasteiger partial charge in [-0.25, -0.2) is 4.79 Å². The first-order valence-corrected chi connectivity index (χ1v) is 6.72. The molecule has 0 saturated carbocycles. The molecular weight excluding hydrogens is 268 g/mol. The molecule has 0 radical (unpaired) electrons. The molecule has 6 heteroatoms. The van der Waals surface area contributed by atoms with Crippen LogP contribution in [-0.4, -0.2) is 21.1 Å². The van der Waals surface area contributed by atoms with Crippen LogP contribution in [-0.2, 0) is 24.4 Å². The van der Waals surface area contributed by atoms with Gasteiger partial charge in [-0.15, -0.1) is 11.7 Å². The van der Waals surface area contributed by atoms with Crippen LogP contribution in [0.1, 0.15) is 17.7 Å². The van der Waals surface area contributed by atoms with Gasteiger partial charge in [0.05, 0.1) is 12.7 Å². The van der Waals surface area contributed by atoms with Crippen LogP contribution in [0.3, 0.4) is 0 Å². The fourth-order valence-electron chi connectivity index (χ4n) is 1.69. The van der Waals surface area contributed by atoms with Crippen molar-refractivity contribution in [2.45, 2.75) is 26.1 Å². The molecule has 0 aliphatic carbocycles. The van der Waals surface area contributed by atoms with Crippen LogP contribution >= 0.6 is 0 Å². The van der Waals surface area contributed by atoms with Crippen molar-refractivity contribution >= 4 is 6.09 Å². The van der Waals surface area contributed by atoms with Crippen LogP contribution in [0.4, 0.5) is 4.79 Å². The number of ether oxygens (including phenoxy) is 1. The maximum absolute atomic E-state index is 11.6. The zero-order valence-corrected chi connectivity index (χ0v) is 11.7. The summed E-state index contributed by atoms with van der Waals surface area (Å²) in [5.74, 6) is 0. The minimum atomic E-state index is -0.473. The third-order valence-electron chi connectivity index (χ3n) is 2.78. The van der Waals surface area contributed by atoms with Gasteiger partial charge < -0.3 is 10.1 Å². The van der Waals surface area contributed by atoms with Gasteiger partial charge in [0.25, 0.3) is 0 Å². The minimum Gasteiger partial charge on any atom is -0.445 e. The van der Waals surface area contributed by atoms with E-state index in [1.807, 2.05) is 36.4 Å². The molecule has 1 N–H and O–H groups in total. The first kappa shape index (κ1) is 14.8. The van der Waals surface area contributed by atoms with Gasteiger partial charge in [0.2, 0.25) is 0 Å². The van der Waals surface area contributed by atoms with Gasteiger partial charge in [-0.2, -0.15) is 0 Å². The summed E-state index contributed by atoms with van der Waals surface area (Å²) in [5.41, 5.74) is 1.64. The highest BCUT2D eigenvalue weighted by Gasteiger charge is 2.05. The first-order chi connectivity index (χ1) is 10.3. The average Bonchev–Trinajstić information content (AvgIpc) is 2.98. The predicted octanol–water partition coefficient (Wildman–Crippen LogP) is 2.28. The number of amides is 1. The second-order valence-corrected chi connectivity index (χ2v) is 4.47. The van der Waals surface area contributed by atoms with Crippen LogP contribution in [0.5, 0.6) is 0 Å². The molecule has 0 saturated heterocycles. The summed E-state index contributed by atoms with van der Waals surface area (Å²) in [7, 11) is 0. The van der Waals surface area contributed by atoms with Crippen LogP contribution < -0.4 is 5.32 Å². The molecule has 2 rings (SSSR count). The number of hydrogen-bond donors (Lipinski definition) is 1. The molecule has 0 spiro atoms. The molecule has 0 unspecified atom stereocenters. The number of rotatable bonds is 7. The monoisotopic (exact) mass is 286 g/mol. The molecule has 6 nitrogen and oxygen atoms in total. The van der Waals surface area contributed by atoms with Crippen molar-refractivity contribution in [3.63, 3.8) is 0 Å². The topological polar surface area (TPSA) is 69.0 Å². The van der Waals surface area contributed by atoms with Crippen molar-refractivity contribution in [3.05, 3.63) is 60.4 Å². The Labute approximate surface area is 123 Å². The Balaban J connectivity index is 1.71. The van der Waals surface area contributed by atoms with Gasteiger partial charge in [-0.1, -0.05) is 41.6 Å². The van der Waals surface area contributed by atoms with E-state index in [-0.39, 0.29) is 6.61 Å². The predicted molar refractivity (Wildman–Crippen MR) is 78.3 cm³/mol. The normalized spacial score (nSPS) is 10.1. The Hall–Kier alpha value is -2.63. The number of aromatic nitrogens is 3. The molecule has 0 aliphatic rings. The smallest absolute Gasteiger partial charge is 0.407 e. The second-order valence-electron chi connectivity index (χ2n) is 4.47. The van der Waals surface area contributed by atoms with E-state index in [1.165, 1.54) is 0 Å². The third kappa shape index (κ3) is 5.10. The Morgan fingerprint density at radius 3 is 2.95 bits per heavy atom. The van der Waals surface area contributed by atoms with E-state index in [2.05, 4.69) is 22.2 Å². The van der Waals surface area contributed by atoms with E-state index in [4.69, 9.17) is 4.74 Å². The van der Waals surface area contributed by atoms with Crippen molar-refractivity contribution in [2.24, 2.45) is 0 Å². The van der Waals surface area contributed by atoms with Crippen molar-refractivity contribution in [1.82, 2.24) is 20.3 Å². The van der Waals surface area contributed by atoms with E-state index in [9.17, 15) is 4.79 Å². The van der Waals surface area contributed by atoms with E-state index in [0.29, 0.717) is 12.2 Å². The van der Waals surface area contributed by atoms with Crippen molar-refractivity contribution in [1.29, 1.82) is 0 Å². The van der Waals surface area contributed by atoms with Crippen molar-refractivity contribution in [3.8, 4) is 0 Å². The average molecular weight is 286 g/mol. The summed E-state index contributed by atoms with van der Waals surface area (Å²) < 4.78 is 6.82. The number of hydrogen-bond acceptors (Lipinski definition) is 4. The SMILES string of the molecule is C=CCCn1cc(CNC(=O)OCc2ccccc2)nn1. The Morgan fingerprint density at radius 2 is 2.19 bits per heavy atom. The zero-order chi connectivity index (χ0) is 14.9. The Kier molecular flexibility index (Phi) is 5.51. The van der Waals surface area contributed by atoms with E-state index < -0.39 is 6.09 Å². The van der Waals surface area contributed by atoms with Crippen molar-refractivity contribution < 1.29 is 9.53 Å². The van der Waals surface area contributed by atoms with Crippen molar-refractivity contribution in [2.75, 3.05) is 0 Å². The summed E-state index contributed by atoms with van der Waals surface area (Å²) in [6.45, 7) is 4.93. The van der Waals surface area contributed by atoms with E-state index >= 15 is 0 Å². The number of aryl methyl sites for hydroxylation is 1. The lowest BCUT2D eigenvalue weighted by Crippen LogP contribution is -2.23. The minimum absolute atomic E-state index is 0.249. The molecule has 0 fully saturated rings. The fourth-order valence-corrected chi connectivity index (χ4v) is 1.69. The maximum atomic E-state index is 11.6.